The third-order valence-electron chi connectivity index (χ3n) is 4.79. The molecule has 0 radical (unpaired) electrons. The van der Waals surface area contributed by atoms with Gasteiger partial charge in [0, 0.05) is 18.5 Å². The normalized spacial score (nSPS) is 27.5. The Morgan fingerprint density at radius 1 is 1.65 bits per heavy atom. The van der Waals surface area contributed by atoms with Gasteiger partial charge in [-0.05, 0) is 19.8 Å². The molecule has 0 bridgehead atoms. The number of hydrogen-bond donors (Lipinski definition) is 0. The lowest BCUT2D eigenvalue weighted by Crippen LogP contribution is -2.56. The molecule has 1 saturated carbocycles. The second-order valence-electron chi connectivity index (χ2n) is 6.38. The van der Waals surface area contributed by atoms with Crippen LogP contribution in [0.3, 0.4) is 0 Å². The van der Waals surface area contributed by atoms with E-state index in [1.807, 2.05) is 4.90 Å². The highest BCUT2D eigenvalue weighted by Crippen LogP contribution is 2.41. The van der Waals surface area contributed by atoms with Gasteiger partial charge in [0.05, 0.1) is 32.0 Å². The molecule has 1 aromatic rings. The third-order valence-corrected chi connectivity index (χ3v) is 4.79. The highest BCUT2D eigenvalue weighted by atomic mass is 16.5. The molecule has 1 aliphatic carbocycles. The zero-order valence-corrected chi connectivity index (χ0v) is 13.6. The van der Waals surface area contributed by atoms with Gasteiger partial charge in [-0.25, -0.2) is 0 Å². The average Bonchev–Trinajstić information content (AvgIpc) is 3.14. The van der Waals surface area contributed by atoms with Crippen LogP contribution in [0.1, 0.15) is 35.5 Å². The Morgan fingerprint density at radius 3 is 3.26 bits per heavy atom. The zero-order chi connectivity index (χ0) is 16.3. The van der Waals surface area contributed by atoms with Gasteiger partial charge in [0.15, 0.2) is 5.69 Å². The molecule has 0 unspecified atom stereocenters. The lowest BCUT2D eigenvalue weighted by molar-refractivity contribution is -0.132. The first-order chi connectivity index (χ1) is 11.1. The topological polar surface area (TPSA) is 64.8 Å². The van der Waals surface area contributed by atoms with E-state index in [0.29, 0.717) is 50.3 Å². The first-order valence-electron chi connectivity index (χ1n) is 8.20. The molecule has 6 heteroatoms. The predicted octanol–water partition coefficient (Wildman–Crippen LogP) is 2.20. The number of carbonyl (C=O) groups excluding carboxylic acids is 1. The van der Waals surface area contributed by atoms with Crippen molar-refractivity contribution in [3.8, 4) is 0 Å². The van der Waals surface area contributed by atoms with E-state index in [2.05, 4.69) is 11.7 Å². The molecule has 6 nitrogen and oxygen atoms in total. The number of hydrogen-bond acceptors (Lipinski definition) is 5. The summed E-state index contributed by atoms with van der Waals surface area (Å²) in [6.07, 6.45) is 4.90. The molecule has 126 valence electrons. The summed E-state index contributed by atoms with van der Waals surface area (Å²) in [4.78, 5) is 14.5. The summed E-state index contributed by atoms with van der Waals surface area (Å²) < 4.78 is 16.8. The molecule has 1 aliphatic heterocycles. The van der Waals surface area contributed by atoms with Crippen LogP contribution in [0.25, 0.3) is 0 Å². The van der Waals surface area contributed by atoms with Crippen molar-refractivity contribution in [2.75, 3.05) is 32.9 Å². The van der Waals surface area contributed by atoms with E-state index in [1.165, 1.54) is 0 Å². The van der Waals surface area contributed by atoms with E-state index in [4.69, 9.17) is 14.0 Å². The Labute approximate surface area is 136 Å². The van der Waals surface area contributed by atoms with Crippen LogP contribution in [0.4, 0.5) is 0 Å². The van der Waals surface area contributed by atoms with Crippen molar-refractivity contribution in [2.24, 2.45) is 5.92 Å². The second-order valence-corrected chi connectivity index (χ2v) is 6.38. The molecular formula is C17H24N2O4. The number of ether oxygens (including phenoxy) is 2. The Hall–Kier alpha value is -1.66. The molecule has 0 N–H and O–H groups in total. The fourth-order valence-corrected chi connectivity index (χ4v) is 3.65. The van der Waals surface area contributed by atoms with E-state index in [-0.39, 0.29) is 11.5 Å². The summed E-state index contributed by atoms with van der Waals surface area (Å²) in [6, 6.07) is 1.68. The minimum Gasteiger partial charge on any atom is -0.377 e. The van der Waals surface area contributed by atoms with E-state index in [0.717, 1.165) is 19.3 Å². The summed E-state index contributed by atoms with van der Waals surface area (Å²) in [5.74, 6) is 0.882. The SMILES string of the molecule is C=CCOC[C@H]1CCC[C@@]12CN(C(=O)c1cc(C)on1)CCO2. The van der Waals surface area contributed by atoms with Gasteiger partial charge in [-0.2, -0.15) is 0 Å². The molecule has 2 fully saturated rings. The van der Waals surface area contributed by atoms with Crippen molar-refractivity contribution in [3.05, 3.63) is 30.2 Å². The van der Waals surface area contributed by atoms with Gasteiger partial charge in [0.1, 0.15) is 5.76 Å². The maximum atomic E-state index is 12.6. The third kappa shape index (κ3) is 3.33. The van der Waals surface area contributed by atoms with Crippen molar-refractivity contribution < 1.29 is 18.8 Å². The van der Waals surface area contributed by atoms with Gasteiger partial charge in [-0.3, -0.25) is 4.79 Å². The van der Waals surface area contributed by atoms with Crippen LogP contribution in [0.5, 0.6) is 0 Å². The highest BCUT2D eigenvalue weighted by Gasteiger charge is 2.48. The fraction of sp³-hybridized carbons (Fsp3) is 0.647. The molecule has 1 saturated heterocycles. The van der Waals surface area contributed by atoms with Crippen LogP contribution in [-0.2, 0) is 9.47 Å². The summed E-state index contributed by atoms with van der Waals surface area (Å²) in [7, 11) is 0. The maximum Gasteiger partial charge on any atom is 0.276 e. The number of amides is 1. The largest absolute Gasteiger partial charge is 0.377 e. The van der Waals surface area contributed by atoms with Gasteiger partial charge in [-0.15, -0.1) is 6.58 Å². The lowest BCUT2D eigenvalue weighted by Gasteiger charge is -2.43. The van der Waals surface area contributed by atoms with Crippen molar-refractivity contribution >= 4 is 5.91 Å². The first kappa shape index (κ1) is 16.2. The molecule has 0 aromatic carbocycles. The maximum absolute atomic E-state index is 12.6. The van der Waals surface area contributed by atoms with Crippen molar-refractivity contribution in [2.45, 2.75) is 31.8 Å². The fourth-order valence-electron chi connectivity index (χ4n) is 3.65. The monoisotopic (exact) mass is 320 g/mol. The molecule has 1 spiro atoms. The minimum atomic E-state index is -0.284. The van der Waals surface area contributed by atoms with Crippen LogP contribution in [-0.4, -0.2) is 54.5 Å². The summed E-state index contributed by atoms with van der Waals surface area (Å²) in [6.45, 7) is 8.40. The molecule has 3 rings (SSSR count). The van der Waals surface area contributed by atoms with E-state index >= 15 is 0 Å². The van der Waals surface area contributed by atoms with E-state index < -0.39 is 0 Å². The Balaban J connectivity index is 1.69. The molecule has 1 aromatic heterocycles. The highest BCUT2D eigenvalue weighted by molar-refractivity contribution is 5.92. The molecule has 1 amide bonds. The molecular weight excluding hydrogens is 296 g/mol. The van der Waals surface area contributed by atoms with Crippen molar-refractivity contribution in [1.29, 1.82) is 0 Å². The Morgan fingerprint density at radius 2 is 2.52 bits per heavy atom. The summed E-state index contributed by atoms with van der Waals surface area (Å²) >= 11 is 0. The van der Waals surface area contributed by atoms with Crippen molar-refractivity contribution in [3.63, 3.8) is 0 Å². The van der Waals surface area contributed by atoms with Crippen LogP contribution < -0.4 is 0 Å². The number of rotatable bonds is 5. The van der Waals surface area contributed by atoms with Crippen LogP contribution in [0.2, 0.25) is 0 Å². The quantitative estimate of drug-likeness (QED) is 0.615. The number of aromatic nitrogens is 1. The van der Waals surface area contributed by atoms with Gasteiger partial charge >= 0.3 is 0 Å². The summed E-state index contributed by atoms with van der Waals surface area (Å²) in [5, 5.41) is 3.84. The molecule has 23 heavy (non-hydrogen) atoms. The Kier molecular flexibility index (Phi) is 4.82. The standard InChI is InChI=1S/C17H24N2O4/c1-3-8-21-11-14-5-4-6-17(14)12-19(7-9-22-17)16(20)15-10-13(2)23-18-15/h3,10,14H,1,4-9,11-12H2,2H3/t14-,17-/m1/s1. The van der Waals surface area contributed by atoms with E-state index in [9.17, 15) is 4.79 Å². The average molecular weight is 320 g/mol. The lowest BCUT2D eigenvalue weighted by atomic mass is 9.89. The van der Waals surface area contributed by atoms with Crippen LogP contribution in [0.15, 0.2) is 23.2 Å². The second kappa shape index (κ2) is 6.84. The smallest absolute Gasteiger partial charge is 0.276 e. The molecule has 2 heterocycles. The van der Waals surface area contributed by atoms with Crippen LogP contribution in [0, 0.1) is 12.8 Å². The number of carbonyl (C=O) groups is 1. The Bertz CT molecular complexity index is 571. The first-order valence-corrected chi connectivity index (χ1v) is 8.20. The molecule has 2 aliphatic rings. The zero-order valence-electron chi connectivity index (χ0n) is 13.6. The van der Waals surface area contributed by atoms with Gasteiger partial charge in [0.25, 0.3) is 5.91 Å². The molecule has 2 atom stereocenters. The van der Waals surface area contributed by atoms with Gasteiger partial charge in [0.2, 0.25) is 0 Å². The van der Waals surface area contributed by atoms with Gasteiger partial charge < -0.3 is 18.9 Å². The number of aryl methyl sites for hydroxylation is 1. The summed E-state index contributed by atoms with van der Waals surface area (Å²) in [5.41, 5.74) is 0.0884. The van der Waals surface area contributed by atoms with E-state index in [1.54, 1.807) is 19.1 Å². The minimum absolute atomic E-state index is 0.0813. The number of nitrogens with zero attached hydrogens (tertiary/aromatic N) is 2. The van der Waals surface area contributed by atoms with Gasteiger partial charge in [-0.1, -0.05) is 17.7 Å². The van der Waals surface area contributed by atoms with Crippen LogP contribution >= 0.6 is 0 Å². The van der Waals surface area contributed by atoms with Crippen molar-refractivity contribution in [1.82, 2.24) is 10.1 Å². The number of morpholine rings is 1. The predicted molar refractivity (Wildman–Crippen MR) is 84.2 cm³/mol.